The summed E-state index contributed by atoms with van der Waals surface area (Å²) in [6.45, 7) is 0.552. The first-order chi connectivity index (χ1) is 19.0. The van der Waals surface area contributed by atoms with Crippen LogP contribution in [0.4, 0.5) is 0 Å². The fourth-order valence-electron chi connectivity index (χ4n) is 3.97. The van der Waals surface area contributed by atoms with Gasteiger partial charge in [-0.2, -0.15) is 8.61 Å². The number of carbonyl (C=O) groups excluding carboxylic acids is 1. The number of amides is 1. The average molecular weight is 647 g/mol. The van der Waals surface area contributed by atoms with Gasteiger partial charge in [0.05, 0.1) is 29.5 Å². The zero-order valence-electron chi connectivity index (χ0n) is 21.1. The fraction of sp³-hybridized carbons (Fsp3) is 0.269. The number of nitrogens with one attached hydrogen (secondary N) is 1. The Labute approximate surface area is 248 Å². The molecule has 0 spiro atoms. The standard InChI is InChI=1S/C26H26Cl3N3O6S2/c27-20-6-10-22(11-7-20)40(36,37)32(17-23-24(28)2-1-3-25(23)29)18-26(33)30-16-19-4-8-21(9-5-19)39(34,35)31-12-14-38-15-13-31/h1-11H,12-18H2,(H,30,33). The van der Waals surface area contributed by atoms with Gasteiger partial charge in [0.1, 0.15) is 0 Å². The van der Waals surface area contributed by atoms with Crippen molar-refractivity contribution in [2.24, 2.45) is 0 Å². The first-order valence-corrected chi connectivity index (χ1v) is 16.1. The molecule has 1 N–H and O–H groups in total. The first-order valence-electron chi connectivity index (χ1n) is 12.1. The van der Waals surface area contributed by atoms with Gasteiger partial charge in [-0.1, -0.05) is 53.0 Å². The predicted octanol–water partition coefficient (Wildman–Crippen LogP) is 4.18. The van der Waals surface area contributed by atoms with E-state index >= 15 is 0 Å². The fourth-order valence-corrected chi connectivity index (χ4v) is 7.39. The van der Waals surface area contributed by atoms with Crippen molar-refractivity contribution in [3.8, 4) is 0 Å². The van der Waals surface area contributed by atoms with Gasteiger partial charge in [0.2, 0.25) is 26.0 Å². The lowest BCUT2D eigenvalue weighted by molar-refractivity contribution is -0.121. The van der Waals surface area contributed by atoms with Crippen LogP contribution in [0, 0.1) is 0 Å². The van der Waals surface area contributed by atoms with E-state index < -0.39 is 32.5 Å². The van der Waals surface area contributed by atoms with Gasteiger partial charge in [0, 0.05) is 46.8 Å². The van der Waals surface area contributed by atoms with E-state index in [0.29, 0.717) is 29.4 Å². The number of rotatable bonds is 10. The molecule has 4 rings (SSSR count). The molecule has 0 unspecified atom stereocenters. The van der Waals surface area contributed by atoms with Crippen molar-refractivity contribution >= 4 is 60.8 Å². The molecule has 1 heterocycles. The van der Waals surface area contributed by atoms with Gasteiger partial charge in [-0.3, -0.25) is 4.79 Å². The summed E-state index contributed by atoms with van der Waals surface area (Å²) in [4.78, 5) is 13.0. The summed E-state index contributed by atoms with van der Waals surface area (Å²) in [5, 5.41) is 3.57. The van der Waals surface area contributed by atoms with Crippen LogP contribution in [0.3, 0.4) is 0 Å². The Morgan fingerprint density at radius 3 is 2.02 bits per heavy atom. The zero-order valence-corrected chi connectivity index (χ0v) is 25.0. The van der Waals surface area contributed by atoms with E-state index in [2.05, 4.69) is 5.32 Å². The molecule has 40 heavy (non-hydrogen) atoms. The molecule has 3 aromatic rings. The summed E-state index contributed by atoms with van der Waals surface area (Å²) in [5.74, 6) is -0.578. The minimum Gasteiger partial charge on any atom is -0.379 e. The molecule has 0 radical (unpaired) electrons. The number of halogens is 3. The largest absolute Gasteiger partial charge is 0.379 e. The monoisotopic (exact) mass is 645 g/mol. The third-order valence-electron chi connectivity index (χ3n) is 6.19. The summed E-state index contributed by atoms with van der Waals surface area (Å²) >= 11 is 18.5. The van der Waals surface area contributed by atoms with E-state index in [1.807, 2.05) is 0 Å². The lowest BCUT2D eigenvalue weighted by Crippen LogP contribution is -2.40. The van der Waals surface area contributed by atoms with E-state index in [9.17, 15) is 21.6 Å². The molecule has 9 nitrogen and oxygen atoms in total. The summed E-state index contributed by atoms with van der Waals surface area (Å²) in [6.07, 6.45) is 0. The van der Waals surface area contributed by atoms with Crippen LogP contribution in [-0.4, -0.2) is 64.2 Å². The van der Waals surface area contributed by atoms with Crippen LogP contribution in [0.1, 0.15) is 11.1 Å². The number of sulfonamides is 2. The molecular weight excluding hydrogens is 621 g/mol. The summed E-state index contributed by atoms with van der Waals surface area (Å²) in [7, 11) is -7.79. The molecule has 0 bridgehead atoms. The third kappa shape index (κ3) is 7.34. The molecule has 3 aromatic carbocycles. The quantitative estimate of drug-likeness (QED) is 0.354. The number of morpholine rings is 1. The van der Waals surface area contributed by atoms with Gasteiger partial charge in [-0.05, 0) is 54.1 Å². The lowest BCUT2D eigenvalue weighted by atomic mass is 10.2. The highest BCUT2D eigenvalue weighted by atomic mass is 35.5. The molecule has 214 valence electrons. The molecule has 1 aliphatic rings. The average Bonchev–Trinajstić information content (AvgIpc) is 2.94. The molecule has 0 aromatic heterocycles. The summed E-state index contributed by atoms with van der Waals surface area (Å²) in [5.41, 5.74) is 0.990. The Morgan fingerprint density at radius 2 is 1.43 bits per heavy atom. The zero-order chi connectivity index (χ0) is 28.9. The van der Waals surface area contributed by atoms with Gasteiger partial charge >= 0.3 is 0 Å². The van der Waals surface area contributed by atoms with Crippen LogP contribution in [0.15, 0.2) is 76.5 Å². The van der Waals surface area contributed by atoms with Gasteiger partial charge in [-0.15, -0.1) is 0 Å². The minimum atomic E-state index is -4.14. The van der Waals surface area contributed by atoms with Gasteiger partial charge in [-0.25, -0.2) is 16.8 Å². The van der Waals surface area contributed by atoms with Crippen molar-refractivity contribution in [1.82, 2.24) is 13.9 Å². The van der Waals surface area contributed by atoms with Crippen LogP contribution in [0.2, 0.25) is 15.1 Å². The highest BCUT2D eigenvalue weighted by Crippen LogP contribution is 2.28. The molecule has 1 fully saturated rings. The van der Waals surface area contributed by atoms with Crippen molar-refractivity contribution < 1.29 is 26.4 Å². The molecule has 1 saturated heterocycles. The smallest absolute Gasteiger partial charge is 0.243 e. The van der Waals surface area contributed by atoms with Crippen molar-refractivity contribution in [2.45, 2.75) is 22.9 Å². The van der Waals surface area contributed by atoms with E-state index in [4.69, 9.17) is 39.5 Å². The molecule has 1 aliphatic heterocycles. The molecule has 0 aliphatic carbocycles. The number of benzene rings is 3. The Kier molecular flexibility index (Phi) is 10.1. The molecular formula is C26H26Cl3N3O6S2. The van der Waals surface area contributed by atoms with Crippen LogP contribution in [-0.2, 0) is 42.7 Å². The first kappa shape index (κ1) is 30.7. The molecule has 0 saturated carbocycles. The maximum absolute atomic E-state index is 13.5. The van der Waals surface area contributed by atoms with Crippen molar-refractivity contribution in [1.29, 1.82) is 0 Å². The van der Waals surface area contributed by atoms with Crippen LogP contribution < -0.4 is 5.32 Å². The molecule has 0 atom stereocenters. The van der Waals surface area contributed by atoms with Gasteiger partial charge < -0.3 is 10.1 Å². The normalized spacial score (nSPS) is 14.8. The molecule has 1 amide bonds. The van der Waals surface area contributed by atoms with Gasteiger partial charge in [0.25, 0.3) is 0 Å². The van der Waals surface area contributed by atoms with E-state index in [1.54, 1.807) is 30.3 Å². The third-order valence-corrected chi connectivity index (χ3v) is 10.9. The Bertz CT molecular complexity index is 1540. The molecule has 14 heteroatoms. The highest BCUT2D eigenvalue weighted by Gasteiger charge is 2.29. The van der Waals surface area contributed by atoms with E-state index in [1.165, 1.54) is 40.7 Å². The minimum absolute atomic E-state index is 0.0510. The van der Waals surface area contributed by atoms with Crippen molar-refractivity contribution in [2.75, 3.05) is 32.8 Å². The number of nitrogens with zero attached hydrogens (tertiary/aromatic N) is 2. The number of ether oxygens (including phenoxy) is 1. The van der Waals surface area contributed by atoms with Crippen LogP contribution in [0.5, 0.6) is 0 Å². The predicted molar refractivity (Wildman–Crippen MR) is 153 cm³/mol. The second-order valence-corrected chi connectivity index (χ2v) is 14.0. The Balaban J connectivity index is 1.48. The Hall–Kier alpha value is -2.22. The van der Waals surface area contributed by atoms with Gasteiger partial charge in [0.15, 0.2) is 0 Å². The maximum Gasteiger partial charge on any atom is 0.243 e. The van der Waals surface area contributed by atoms with Crippen LogP contribution in [0.25, 0.3) is 0 Å². The van der Waals surface area contributed by atoms with Crippen molar-refractivity contribution in [3.63, 3.8) is 0 Å². The summed E-state index contributed by atoms with van der Waals surface area (Å²) < 4.78 is 60.2. The maximum atomic E-state index is 13.5. The Morgan fingerprint density at radius 1 is 0.850 bits per heavy atom. The second-order valence-electron chi connectivity index (χ2n) is 8.86. The summed E-state index contributed by atoms with van der Waals surface area (Å²) in [6, 6.07) is 16.5. The highest BCUT2D eigenvalue weighted by molar-refractivity contribution is 7.89. The number of hydrogen-bond donors (Lipinski definition) is 1. The topological polar surface area (TPSA) is 113 Å². The number of carbonyl (C=O) groups is 1. The SMILES string of the molecule is O=C(CN(Cc1c(Cl)cccc1Cl)S(=O)(=O)c1ccc(Cl)cc1)NCc1ccc(S(=O)(=O)N2CCOCC2)cc1. The van der Waals surface area contributed by atoms with E-state index in [0.717, 1.165) is 4.31 Å². The van der Waals surface area contributed by atoms with Crippen molar-refractivity contribution in [3.05, 3.63) is 92.9 Å². The lowest BCUT2D eigenvalue weighted by Gasteiger charge is -2.26. The number of hydrogen-bond acceptors (Lipinski definition) is 6. The van der Waals surface area contributed by atoms with Crippen LogP contribution >= 0.6 is 34.8 Å². The second kappa shape index (κ2) is 13.2. The van der Waals surface area contributed by atoms with E-state index in [-0.39, 0.29) is 46.0 Å².